The molecule has 0 aliphatic carbocycles. The molecule has 1 saturated heterocycles. The summed E-state index contributed by atoms with van der Waals surface area (Å²) in [7, 11) is 0. The van der Waals surface area contributed by atoms with Crippen LogP contribution in [0.1, 0.15) is 0 Å². The van der Waals surface area contributed by atoms with Gasteiger partial charge in [0.25, 0.3) is 0 Å². The fourth-order valence-corrected chi connectivity index (χ4v) is 4.25. The molecule has 1 aromatic heterocycles. The van der Waals surface area contributed by atoms with E-state index < -0.39 is 6.10 Å². The van der Waals surface area contributed by atoms with Crippen LogP contribution in [-0.2, 0) is 0 Å². The summed E-state index contributed by atoms with van der Waals surface area (Å²) in [5, 5.41) is 11.3. The van der Waals surface area contributed by atoms with Gasteiger partial charge < -0.3 is 14.7 Å². The molecule has 29 heavy (non-hydrogen) atoms. The third-order valence-electron chi connectivity index (χ3n) is 4.82. The average molecular weight is 475 g/mol. The molecule has 0 amide bonds. The lowest BCUT2D eigenvalue weighted by atomic mass is 10.2. The van der Waals surface area contributed by atoms with Crippen LogP contribution in [-0.4, -0.2) is 64.8 Å². The molecule has 1 atom stereocenters. The molecule has 1 unspecified atom stereocenters. The number of aliphatic hydroxyl groups is 1. The minimum atomic E-state index is -0.517. The number of nitrogens with zero attached hydrogens (tertiary/aromatic N) is 4. The predicted molar refractivity (Wildman–Crippen MR) is 120 cm³/mol. The first-order chi connectivity index (χ1) is 14.2. The third-order valence-corrected chi connectivity index (χ3v) is 6.12. The fraction of sp³-hybridized carbons (Fsp3) is 0.333. The summed E-state index contributed by atoms with van der Waals surface area (Å²) < 4.78 is 11.2. The molecular formula is C21H23BrN4O2S. The van der Waals surface area contributed by atoms with Crippen molar-refractivity contribution in [1.82, 2.24) is 14.3 Å². The summed E-state index contributed by atoms with van der Waals surface area (Å²) in [6.45, 7) is 4.42. The highest BCUT2D eigenvalue weighted by Gasteiger charge is 2.22. The van der Waals surface area contributed by atoms with E-state index >= 15 is 0 Å². The monoisotopic (exact) mass is 474 g/mol. The van der Waals surface area contributed by atoms with Gasteiger partial charge in [0.05, 0.1) is 0 Å². The Kier molecular flexibility index (Phi) is 6.76. The van der Waals surface area contributed by atoms with Crippen molar-refractivity contribution in [3.05, 3.63) is 59.1 Å². The lowest BCUT2D eigenvalue weighted by Crippen LogP contribution is -2.49. The van der Waals surface area contributed by atoms with E-state index in [4.69, 9.17) is 9.72 Å². The van der Waals surface area contributed by atoms with Gasteiger partial charge in [-0.05, 0) is 24.3 Å². The standard InChI is InChI=1S/C21H23BrN4O2S/c22-17-6-8-19(9-7-17)28-15-18(27)14-25-10-12-26(13-11-25)21-23-20(24-29-21)16-4-2-1-3-5-16/h1-9,18,27H,10-15H2. The largest absolute Gasteiger partial charge is 0.491 e. The predicted octanol–water partition coefficient (Wildman–Crippen LogP) is 3.53. The minimum absolute atomic E-state index is 0.290. The summed E-state index contributed by atoms with van der Waals surface area (Å²) in [6, 6.07) is 17.7. The molecule has 3 aromatic rings. The van der Waals surface area contributed by atoms with Gasteiger partial charge in [-0.3, -0.25) is 4.90 Å². The molecule has 1 fully saturated rings. The van der Waals surface area contributed by atoms with Crippen molar-refractivity contribution in [1.29, 1.82) is 0 Å². The average Bonchev–Trinajstić information content (AvgIpc) is 3.25. The molecule has 2 heterocycles. The second-order valence-electron chi connectivity index (χ2n) is 6.97. The van der Waals surface area contributed by atoms with E-state index in [0.717, 1.165) is 52.9 Å². The van der Waals surface area contributed by atoms with Gasteiger partial charge in [0, 0.05) is 54.3 Å². The van der Waals surface area contributed by atoms with Gasteiger partial charge in [0.1, 0.15) is 18.5 Å². The van der Waals surface area contributed by atoms with E-state index in [1.54, 1.807) is 0 Å². The normalized spacial score (nSPS) is 16.0. The van der Waals surface area contributed by atoms with Crippen molar-refractivity contribution >= 4 is 32.6 Å². The van der Waals surface area contributed by atoms with Crippen LogP contribution in [0, 0.1) is 0 Å². The van der Waals surface area contributed by atoms with Crippen molar-refractivity contribution in [3.8, 4) is 17.1 Å². The number of ether oxygens (including phenoxy) is 1. The van der Waals surface area contributed by atoms with Crippen LogP contribution in [0.2, 0.25) is 0 Å². The van der Waals surface area contributed by atoms with E-state index in [-0.39, 0.29) is 0 Å². The second-order valence-corrected chi connectivity index (χ2v) is 8.62. The maximum atomic E-state index is 10.3. The molecule has 6 nitrogen and oxygen atoms in total. The number of rotatable bonds is 7. The van der Waals surface area contributed by atoms with Crippen LogP contribution < -0.4 is 9.64 Å². The number of β-amino-alcohol motifs (C(OH)–C–C–N with tert-alkyl or cyclic N) is 1. The molecule has 8 heteroatoms. The molecular weight excluding hydrogens is 452 g/mol. The van der Waals surface area contributed by atoms with Crippen LogP contribution in [0.3, 0.4) is 0 Å². The lowest BCUT2D eigenvalue weighted by molar-refractivity contribution is 0.0663. The quantitative estimate of drug-likeness (QED) is 0.564. The first kappa shape index (κ1) is 20.3. The Balaban J connectivity index is 1.23. The summed E-state index contributed by atoms with van der Waals surface area (Å²) >= 11 is 4.85. The number of aliphatic hydroxyl groups excluding tert-OH is 1. The number of benzene rings is 2. The number of aromatic nitrogens is 2. The van der Waals surface area contributed by atoms with Crippen molar-refractivity contribution in [2.75, 3.05) is 44.2 Å². The molecule has 4 rings (SSSR count). The zero-order chi connectivity index (χ0) is 20.1. The van der Waals surface area contributed by atoms with Crippen LogP contribution >= 0.6 is 27.5 Å². The Bertz CT molecular complexity index is 899. The lowest BCUT2D eigenvalue weighted by Gasteiger charge is -2.35. The SMILES string of the molecule is OC(COc1ccc(Br)cc1)CN1CCN(c2nc(-c3ccccc3)ns2)CC1. The fourth-order valence-electron chi connectivity index (χ4n) is 3.24. The topological polar surface area (TPSA) is 61.7 Å². The Hall–Kier alpha value is -2.00. The highest BCUT2D eigenvalue weighted by Crippen LogP contribution is 2.24. The highest BCUT2D eigenvalue weighted by molar-refractivity contribution is 9.10. The van der Waals surface area contributed by atoms with Crippen LogP contribution in [0.15, 0.2) is 59.1 Å². The Morgan fingerprint density at radius 2 is 1.76 bits per heavy atom. The van der Waals surface area contributed by atoms with E-state index in [1.807, 2.05) is 54.6 Å². The number of hydrogen-bond donors (Lipinski definition) is 1. The highest BCUT2D eigenvalue weighted by atomic mass is 79.9. The van der Waals surface area contributed by atoms with Crippen LogP contribution in [0.5, 0.6) is 5.75 Å². The van der Waals surface area contributed by atoms with Gasteiger partial charge in [-0.25, -0.2) is 0 Å². The number of piperazine rings is 1. The van der Waals surface area contributed by atoms with Gasteiger partial charge in [0.2, 0.25) is 5.13 Å². The van der Waals surface area contributed by atoms with E-state index in [1.165, 1.54) is 11.5 Å². The molecule has 0 radical (unpaired) electrons. The maximum Gasteiger partial charge on any atom is 0.205 e. The first-order valence-corrected chi connectivity index (χ1v) is 11.2. The summed E-state index contributed by atoms with van der Waals surface area (Å²) in [4.78, 5) is 9.24. The maximum absolute atomic E-state index is 10.3. The van der Waals surface area contributed by atoms with E-state index in [0.29, 0.717) is 13.2 Å². The van der Waals surface area contributed by atoms with E-state index in [2.05, 4.69) is 30.1 Å². The molecule has 0 spiro atoms. The molecule has 152 valence electrons. The van der Waals surface area contributed by atoms with E-state index in [9.17, 15) is 5.11 Å². The Morgan fingerprint density at radius 1 is 1.03 bits per heavy atom. The molecule has 1 N–H and O–H groups in total. The van der Waals surface area contributed by atoms with Crippen molar-refractivity contribution in [2.45, 2.75) is 6.10 Å². The summed E-state index contributed by atoms with van der Waals surface area (Å²) in [6.07, 6.45) is -0.517. The first-order valence-electron chi connectivity index (χ1n) is 9.60. The Labute approximate surface area is 183 Å². The number of hydrogen-bond acceptors (Lipinski definition) is 7. The molecule has 0 bridgehead atoms. The third kappa shape index (κ3) is 5.54. The van der Waals surface area contributed by atoms with Crippen molar-refractivity contribution < 1.29 is 9.84 Å². The van der Waals surface area contributed by atoms with Gasteiger partial charge >= 0.3 is 0 Å². The van der Waals surface area contributed by atoms with Crippen LogP contribution in [0.25, 0.3) is 11.4 Å². The van der Waals surface area contributed by atoms with Gasteiger partial charge in [0.15, 0.2) is 5.82 Å². The smallest absolute Gasteiger partial charge is 0.205 e. The molecule has 2 aromatic carbocycles. The number of anilines is 1. The zero-order valence-electron chi connectivity index (χ0n) is 15.9. The number of halogens is 1. The van der Waals surface area contributed by atoms with Crippen LogP contribution in [0.4, 0.5) is 5.13 Å². The summed E-state index contributed by atoms with van der Waals surface area (Å²) in [5.74, 6) is 1.55. The van der Waals surface area contributed by atoms with Gasteiger partial charge in [-0.1, -0.05) is 46.3 Å². The van der Waals surface area contributed by atoms with Crippen molar-refractivity contribution in [3.63, 3.8) is 0 Å². The molecule has 0 saturated carbocycles. The minimum Gasteiger partial charge on any atom is -0.491 e. The van der Waals surface area contributed by atoms with Crippen molar-refractivity contribution in [2.24, 2.45) is 0 Å². The van der Waals surface area contributed by atoms with Gasteiger partial charge in [-0.2, -0.15) is 9.36 Å². The summed E-state index contributed by atoms with van der Waals surface area (Å²) in [5.41, 5.74) is 1.04. The molecule has 1 aliphatic rings. The molecule has 1 aliphatic heterocycles. The van der Waals surface area contributed by atoms with Gasteiger partial charge in [-0.15, -0.1) is 0 Å². The Morgan fingerprint density at radius 3 is 2.48 bits per heavy atom. The second kappa shape index (κ2) is 9.67. The zero-order valence-corrected chi connectivity index (χ0v) is 18.3.